The lowest BCUT2D eigenvalue weighted by Crippen LogP contribution is -2.35. The molecule has 0 saturated heterocycles. The molecule has 0 aliphatic carbocycles. The van der Waals surface area contributed by atoms with Crippen molar-refractivity contribution in [2.45, 2.75) is 13.5 Å². The number of nitrogens with one attached hydrogen (secondary N) is 2. The standard InChI is InChI=1S/C14H18N4O/c1-11-10-13(12-6-4-3-5-7-12)18(17-11)9-8-16-14(19)15-2/h3-7,10H,8-9H2,1-2H3,(H2,15,16,19). The van der Waals surface area contributed by atoms with E-state index in [1.807, 2.05) is 29.8 Å². The van der Waals surface area contributed by atoms with E-state index in [4.69, 9.17) is 0 Å². The van der Waals surface area contributed by atoms with Crippen molar-refractivity contribution in [2.24, 2.45) is 0 Å². The Morgan fingerprint density at radius 1 is 1.32 bits per heavy atom. The van der Waals surface area contributed by atoms with Crippen molar-refractivity contribution in [3.63, 3.8) is 0 Å². The first-order valence-corrected chi connectivity index (χ1v) is 6.26. The molecule has 2 rings (SSSR count). The molecule has 1 aromatic heterocycles. The summed E-state index contributed by atoms with van der Waals surface area (Å²) in [6.07, 6.45) is 0. The molecule has 0 radical (unpaired) electrons. The van der Waals surface area contributed by atoms with Gasteiger partial charge in [0.25, 0.3) is 0 Å². The van der Waals surface area contributed by atoms with Gasteiger partial charge in [-0.1, -0.05) is 30.3 Å². The van der Waals surface area contributed by atoms with Crippen LogP contribution in [0.4, 0.5) is 4.79 Å². The molecule has 0 fully saturated rings. The Morgan fingerprint density at radius 2 is 2.05 bits per heavy atom. The molecule has 5 heteroatoms. The van der Waals surface area contributed by atoms with Crippen LogP contribution in [0.1, 0.15) is 5.69 Å². The summed E-state index contributed by atoms with van der Waals surface area (Å²) >= 11 is 0. The minimum absolute atomic E-state index is 0.176. The van der Waals surface area contributed by atoms with Crippen LogP contribution in [0, 0.1) is 6.92 Å². The van der Waals surface area contributed by atoms with Crippen LogP contribution in [0.25, 0.3) is 11.3 Å². The Bertz CT molecular complexity index is 548. The maximum absolute atomic E-state index is 11.1. The number of benzene rings is 1. The molecule has 0 unspecified atom stereocenters. The topological polar surface area (TPSA) is 59.0 Å². The molecule has 5 nitrogen and oxygen atoms in total. The highest BCUT2D eigenvalue weighted by Crippen LogP contribution is 2.19. The maximum Gasteiger partial charge on any atom is 0.314 e. The summed E-state index contributed by atoms with van der Waals surface area (Å²) in [6, 6.07) is 12.0. The van der Waals surface area contributed by atoms with E-state index in [9.17, 15) is 4.79 Å². The predicted octanol–water partition coefficient (Wildman–Crippen LogP) is 1.79. The van der Waals surface area contributed by atoms with E-state index in [0.717, 1.165) is 17.0 Å². The smallest absolute Gasteiger partial charge is 0.314 e. The molecule has 2 aromatic rings. The highest BCUT2D eigenvalue weighted by molar-refractivity contribution is 5.73. The zero-order valence-electron chi connectivity index (χ0n) is 11.2. The van der Waals surface area contributed by atoms with Gasteiger partial charge in [0.15, 0.2) is 0 Å². The number of rotatable bonds is 4. The first kappa shape index (κ1) is 13.1. The van der Waals surface area contributed by atoms with E-state index in [0.29, 0.717) is 13.1 Å². The van der Waals surface area contributed by atoms with Crippen LogP contribution in [0.5, 0.6) is 0 Å². The Kier molecular flexibility index (Phi) is 4.18. The number of aromatic nitrogens is 2. The van der Waals surface area contributed by atoms with Gasteiger partial charge in [-0.2, -0.15) is 5.10 Å². The number of amides is 2. The Labute approximate surface area is 112 Å². The van der Waals surface area contributed by atoms with Gasteiger partial charge in [0, 0.05) is 13.6 Å². The summed E-state index contributed by atoms with van der Waals surface area (Å²) in [4.78, 5) is 11.1. The SMILES string of the molecule is CNC(=O)NCCn1nc(C)cc1-c1ccccc1. The quantitative estimate of drug-likeness (QED) is 0.878. The molecule has 0 aliphatic heterocycles. The minimum atomic E-state index is -0.176. The van der Waals surface area contributed by atoms with Crippen LogP contribution in [0.2, 0.25) is 0 Å². The third-order valence-corrected chi connectivity index (χ3v) is 2.81. The molecule has 0 spiro atoms. The Hall–Kier alpha value is -2.30. The zero-order valence-corrected chi connectivity index (χ0v) is 11.2. The van der Waals surface area contributed by atoms with E-state index >= 15 is 0 Å². The van der Waals surface area contributed by atoms with Crippen LogP contribution >= 0.6 is 0 Å². The number of hydrogen-bond donors (Lipinski definition) is 2. The van der Waals surface area contributed by atoms with Gasteiger partial charge in [-0.05, 0) is 18.6 Å². The molecular weight excluding hydrogens is 240 g/mol. The predicted molar refractivity (Wildman–Crippen MR) is 74.9 cm³/mol. The van der Waals surface area contributed by atoms with Crippen LogP contribution < -0.4 is 10.6 Å². The van der Waals surface area contributed by atoms with Gasteiger partial charge < -0.3 is 10.6 Å². The van der Waals surface area contributed by atoms with Crippen LogP contribution in [0.15, 0.2) is 36.4 Å². The largest absolute Gasteiger partial charge is 0.341 e. The fraction of sp³-hybridized carbons (Fsp3) is 0.286. The summed E-state index contributed by atoms with van der Waals surface area (Å²) in [5, 5.41) is 9.74. The monoisotopic (exact) mass is 258 g/mol. The van der Waals surface area contributed by atoms with Gasteiger partial charge in [-0.3, -0.25) is 4.68 Å². The summed E-state index contributed by atoms with van der Waals surface area (Å²) in [6.45, 7) is 3.15. The second kappa shape index (κ2) is 6.04. The number of carbonyl (C=O) groups is 1. The highest BCUT2D eigenvalue weighted by Gasteiger charge is 2.07. The number of hydrogen-bond acceptors (Lipinski definition) is 2. The molecule has 0 saturated carbocycles. The van der Waals surface area contributed by atoms with E-state index < -0.39 is 0 Å². The summed E-state index contributed by atoms with van der Waals surface area (Å²) in [5.74, 6) is 0. The lowest BCUT2D eigenvalue weighted by molar-refractivity contribution is 0.242. The molecule has 1 heterocycles. The number of carbonyl (C=O) groups excluding carboxylic acids is 1. The number of urea groups is 1. The van der Waals surface area contributed by atoms with Gasteiger partial charge in [-0.15, -0.1) is 0 Å². The number of nitrogens with zero attached hydrogens (tertiary/aromatic N) is 2. The summed E-state index contributed by atoms with van der Waals surface area (Å²) in [7, 11) is 1.60. The molecule has 0 aliphatic rings. The lowest BCUT2D eigenvalue weighted by Gasteiger charge is -2.08. The average molecular weight is 258 g/mol. The summed E-state index contributed by atoms with van der Waals surface area (Å²) in [5.41, 5.74) is 3.17. The van der Waals surface area contributed by atoms with Crippen molar-refractivity contribution in [2.75, 3.05) is 13.6 Å². The van der Waals surface area contributed by atoms with Crippen molar-refractivity contribution in [3.05, 3.63) is 42.1 Å². The normalized spacial score (nSPS) is 10.2. The Balaban J connectivity index is 2.11. The van der Waals surface area contributed by atoms with Gasteiger partial charge >= 0.3 is 6.03 Å². The zero-order chi connectivity index (χ0) is 13.7. The van der Waals surface area contributed by atoms with Gasteiger partial charge in [0.2, 0.25) is 0 Å². The van der Waals surface area contributed by atoms with Crippen molar-refractivity contribution in [3.8, 4) is 11.3 Å². The fourth-order valence-electron chi connectivity index (χ4n) is 1.92. The lowest BCUT2D eigenvalue weighted by atomic mass is 10.1. The highest BCUT2D eigenvalue weighted by atomic mass is 16.2. The van der Waals surface area contributed by atoms with Crippen LogP contribution in [-0.2, 0) is 6.54 Å². The summed E-state index contributed by atoms with van der Waals surface area (Å²) < 4.78 is 1.92. The first-order valence-electron chi connectivity index (χ1n) is 6.26. The second-order valence-corrected chi connectivity index (χ2v) is 4.27. The number of aryl methyl sites for hydroxylation is 1. The second-order valence-electron chi connectivity index (χ2n) is 4.27. The van der Waals surface area contributed by atoms with Crippen molar-refractivity contribution in [1.29, 1.82) is 0 Å². The molecule has 2 N–H and O–H groups in total. The Morgan fingerprint density at radius 3 is 2.74 bits per heavy atom. The van der Waals surface area contributed by atoms with E-state index in [1.54, 1.807) is 7.05 Å². The molecule has 100 valence electrons. The van der Waals surface area contributed by atoms with Gasteiger partial charge in [-0.25, -0.2) is 4.79 Å². The van der Waals surface area contributed by atoms with Crippen molar-refractivity contribution in [1.82, 2.24) is 20.4 Å². The third-order valence-electron chi connectivity index (χ3n) is 2.81. The third kappa shape index (κ3) is 3.34. The van der Waals surface area contributed by atoms with E-state index in [-0.39, 0.29) is 6.03 Å². The van der Waals surface area contributed by atoms with E-state index in [1.165, 1.54) is 0 Å². The average Bonchev–Trinajstić information content (AvgIpc) is 2.80. The van der Waals surface area contributed by atoms with Crippen LogP contribution in [-0.4, -0.2) is 29.4 Å². The van der Waals surface area contributed by atoms with Crippen molar-refractivity contribution >= 4 is 6.03 Å². The fourth-order valence-corrected chi connectivity index (χ4v) is 1.92. The van der Waals surface area contributed by atoms with Crippen LogP contribution in [0.3, 0.4) is 0 Å². The minimum Gasteiger partial charge on any atom is -0.341 e. The molecule has 1 aromatic carbocycles. The molecule has 19 heavy (non-hydrogen) atoms. The molecule has 2 amide bonds. The molecule has 0 atom stereocenters. The van der Waals surface area contributed by atoms with Crippen molar-refractivity contribution < 1.29 is 4.79 Å². The molecular formula is C14H18N4O. The van der Waals surface area contributed by atoms with E-state index in [2.05, 4.69) is 33.9 Å². The van der Waals surface area contributed by atoms with Gasteiger partial charge in [0.1, 0.15) is 0 Å². The molecule has 0 bridgehead atoms. The first-order chi connectivity index (χ1) is 9.20. The van der Waals surface area contributed by atoms with Gasteiger partial charge in [0.05, 0.1) is 17.9 Å². The maximum atomic E-state index is 11.1.